The van der Waals surface area contributed by atoms with E-state index in [1.807, 2.05) is 25.1 Å². The van der Waals surface area contributed by atoms with E-state index >= 15 is 0 Å². The van der Waals surface area contributed by atoms with Crippen LogP contribution in [0.15, 0.2) is 36.8 Å². The molecule has 0 aromatic carbocycles. The molecule has 5 heteroatoms. The third-order valence-electron chi connectivity index (χ3n) is 2.86. The number of hydrogen-bond acceptors (Lipinski definition) is 5. The second-order valence-electron chi connectivity index (χ2n) is 3.93. The molecule has 0 fully saturated rings. The first-order chi connectivity index (χ1) is 8.77. The summed E-state index contributed by atoms with van der Waals surface area (Å²) in [6, 6.07) is 5.54. The number of nitrogens with zero attached hydrogens (tertiary/aromatic N) is 2. The zero-order valence-corrected chi connectivity index (χ0v) is 10.4. The monoisotopic (exact) mass is 244 g/mol. The maximum Gasteiger partial charge on any atom is 0.218 e. The number of hydrazine groups is 1. The van der Waals surface area contributed by atoms with Crippen molar-refractivity contribution in [2.45, 2.75) is 13.0 Å². The van der Waals surface area contributed by atoms with Crippen LogP contribution in [-0.2, 0) is 0 Å². The number of nitrogens with one attached hydrogen (secondary N) is 1. The molecule has 2 rings (SSSR count). The van der Waals surface area contributed by atoms with Gasteiger partial charge in [0.15, 0.2) is 0 Å². The Morgan fingerprint density at radius 2 is 2.11 bits per heavy atom. The SMILES string of the molecule is COc1ncccc1C(NN)c1cnccc1C. The molecule has 18 heavy (non-hydrogen) atoms. The van der Waals surface area contributed by atoms with Gasteiger partial charge in [-0.15, -0.1) is 0 Å². The van der Waals surface area contributed by atoms with Crippen molar-refractivity contribution in [3.05, 3.63) is 53.5 Å². The minimum absolute atomic E-state index is 0.192. The molecule has 1 atom stereocenters. The molecule has 0 saturated carbocycles. The molecule has 5 nitrogen and oxygen atoms in total. The van der Waals surface area contributed by atoms with Crippen LogP contribution in [0.4, 0.5) is 0 Å². The van der Waals surface area contributed by atoms with E-state index in [4.69, 9.17) is 10.6 Å². The number of rotatable bonds is 4. The van der Waals surface area contributed by atoms with E-state index in [2.05, 4.69) is 15.4 Å². The van der Waals surface area contributed by atoms with E-state index in [0.717, 1.165) is 16.7 Å². The van der Waals surface area contributed by atoms with Crippen molar-refractivity contribution in [2.24, 2.45) is 5.84 Å². The first-order valence-corrected chi connectivity index (χ1v) is 5.63. The summed E-state index contributed by atoms with van der Waals surface area (Å²) in [4.78, 5) is 8.32. The van der Waals surface area contributed by atoms with Crippen molar-refractivity contribution < 1.29 is 4.74 Å². The van der Waals surface area contributed by atoms with E-state index in [1.54, 1.807) is 25.7 Å². The summed E-state index contributed by atoms with van der Waals surface area (Å²) >= 11 is 0. The lowest BCUT2D eigenvalue weighted by atomic mass is 9.98. The first kappa shape index (κ1) is 12.5. The van der Waals surface area contributed by atoms with Gasteiger partial charge < -0.3 is 4.74 Å². The summed E-state index contributed by atoms with van der Waals surface area (Å²) in [6.07, 6.45) is 5.24. The van der Waals surface area contributed by atoms with Crippen molar-refractivity contribution in [3.63, 3.8) is 0 Å². The standard InChI is InChI=1S/C13H16N4O/c1-9-5-7-15-8-11(9)12(17-14)10-4-3-6-16-13(10)18-2/h3-8,12,17H,14H2,1-2H3. The van der Waals surface area contributed by atoms with Crippen LogP contribution in [0.1, 0.15) is 22.7 Å². The Balaban J connectivity index is 2.49. The molecule has 0 aliphatic rings. The van der Waals surface area contributed by atoms with Crippen LogP contribution in [0.5, 0.6) is 5.88 Å². The Kier molecular flexibility index (Phi) is 3.86. The summed E-state index contributed by atoms with van der Waals surface area (Å²) in [5, 5.41) is 0. The van der Waals surface area contributed by atoms with E-state index in [1.165, 1.54) is 0 Å². The van der Waals surface area contributed by atoms with Gasteiger partial charge in [0, 0.05) is 24.2 Å². The van der Waals surface area contributed by atoms with Crippen molar-refractivity contribution in [2.75, 3.05) is 7.11 Å². The highest BCUT2D eigenvalue weighted by molar-refractivity contribution is 5.39. The maximum absolute atomic E-state index is 5.67. The summed E-state index contributed by atoms with van der Waals surface area (Å²) in [7, 11) is 1.59. The average molecular weight is 244 g/mol. The second kappa shape index (κ2) is 5.57. The molecule has 94 valence electrons. The Morgan fingerprint density at radius 1 is 1.28 bits per heavy atom. The number of hydrogen-bond donors (Lipinski definition) is 2. The lowest BCUT2D eigenvalue weighted by Gasteiger charge is -2.19. The molecule has 2 heterocycles. The lowest BCUT2D eigenvalue weighted by Crippen LogP contribution is -2.30. The Morgan fingerprint density at radius 3 is 2.78 bits per heavy atom. The average Bonchev–Trinajstić information content (AvgIpc) is 2.42. The van der Waals surface area contributed by atoms with Gasteiger partial charge in [-0.3, -0.25) is 10.8 Å². The molecule has 2 aromatic rings. The van der Waals surface area contributed by atoms with Gasteiger partial charge in [0.1, 0.15) is 0 Å². The fraction of sp³-hybridized carbons (Fsp3) is 0.231. The van der Waals surface area contributed by atoms with Gasteiger partial charge in [-0.2, -0.15) is 0 Å². The van der Waals surface area contributed by atoms with Crippen LogP contribution in [0.25, 0.3) is 0 Å². The number of methoxy groups -OCH3 is 1. The quantitative estimate of drug-likeness (QED) is 0.627. The fourth-order valence-electron chi connectivity index (χ4n) is 1.92. The lowest BCUT2D eigenvalue weighted by molar-refractivity contribution is 0.387. The van der Waals surface area contributed by atoms with Gasteiger partial charge in [0.05, 0.1) is 13.2 Å². The number of ether oxygens (including phenoxy) is 1. The van der Waals surface area contributed by atoms with Gasteiger partial charge in [0.2, 0.25) is 5.88 Å². The van der Waals surface area contributed by atoms with Crippen molar-refractivity contribution in [1.82, 2.24) is 15.4 Å². The minimum atomic E-state index is -0.192. The number of nitrogens with two attached hydrogens (primary N) is 1. The Labute approximate surface area is 106 Å². The molecule has 0 amide bonds. The number of pyridine rings is 2. The smallest absolute Gasteiger partial charge is 0.218 e. The highest BCUT2D eigenvalue weighted by Gasteiger charge is 2.19. The van der Waals surface area contributed by atoms with Crippen molar-refractivity contribution in [3.8, 4) is 5.88 Å². The third kappa shape index (κ3) is 2.32. The predicted molar refractivity (Wildman–Crippen MR) is 68.9 cm³/mol. The van der Waals surface area contributed by atoms with Crippen LogP contribution in [0.2, 0.25) is 0 Å². The molecule has 1 unspecified atom stereocenters. The van der Waals surface area contributed by atoms with E-state index < -0.39 is 0 Å². The zero-order chi connectivity index (χ0) is 13.0. The molecule has 3 N–H and O–H groups in total. The number of aryl methyl sites for hydroxylation is 1. The van der Waals surface area contributed by atoms with E-state index in [9.17, 15) is 0 Å². The van der Waals surface area contributed by atoms with Gasteiger partial charge >= 0.3 is 0 Å². The molecular weight excluding hydrogens is 228 g/mol. The first-order valence-electron chi connectivity index (χ1n) is 5.63. The summed E-state index contributed by atoms with van der Waals surface area (Å²) < 4.78 is 5.26. The number of aromatic nitrogens is 2. The van der Waals surface area contributed by atoms with Crippen LogP contribution in [0.3, 0.4) is 0 Å². The largest absolute Gasteiger partial charge is 0.481 e. The molecule has 0 radical (unpaired) electrons. The molecular formula is C13H16N4O. The van der Waals surface area contributed by atoms with Crippen LogP contribution >= 0.6 is 0 Å². The van der Waals surface area contributed by atoms with Gasteiger partial charge in [-0.25, -0.2) is 10.4 Å². The van der Waals surface area contributed by atoms with Crippen LogP contribution in [-0.4, -0.2) is 17.1 Å². The third-order valence-corrected chi connectivity index (χ3v) is 2.86. The summed E-state index contributed by atoms with van der Waals surface area (Å²) in [5.41, 5.74) is 5.79. The zero-order valence-electron chi connectivity index (χ0n) is 10.4. The van der Waals surface area contributed by atoms with Gasteiger partial charge in [-0.05, 0) is 30.2 Å². The maximum atomic E-state index is 5.67. The van der Waals surface area contributed by atoms with E-state index in [-0.39, 0.29) is 6.04 Å². The Bertz CT molecular complexity index is 530. The molecule has 0 aliphatic heterocycles. The second-order valence-corrected chi connectivity index (χ2v) is 3.93. The summed E-state index contributed by atoms with van der Waals surface area (Å²) in [5.74, 6) is 6.23. The van der Waals surface area contributed by atoms with Gasteiger partial charge in [-0.1, -0.05) is 6.07 Å². The van der Waals surface area contributed by atoms with Gasteiger partial charge in [0.25, 0.3) is 0 Å². The molecule has 0 aliphatic carbocycles. The minimum Gasteiger partial charge on any atom is -0.481 e. The van der Waals surface area contributed by atoms with Crippen molar-refractivity contribution >= 4 is 0 Å². The normalized spacial score (nSPS) is 12.2. The van der Waals surface area contributed by atoms with Crippen molar-refractivity contribution in [1.29, 1.82) is 0 Å². The van der Waals surface area contributed by atoms with Crippen LogP contribution < -0.4 is 16.0 Å². The van der Waals surface area contributed by atoms with E-state index in [0.29, 0.717) is 5.88 Å². The Hall–Kier alpha value is -1.98. The molecule has 0 spiro atoms. The summed E-state index contributed by atoms with van der Waals surface area (Å²) in [6.45, 7) is 2.02. The highest BCUT2D eigenvalue weighted by atomic mass is 16.5. The fourth-order valence-corrected chi connectivity index (χ4v) is 1.92. The predicted octanol–water partition coefficient (Wildman–Crippen LogP) is 1.35. The highest BCUT2D eigenvalue weighted by Crippen LogP contribution is 2.28. The molecule has 0 bridgehead atoms. The molecule has 2 aromatic heterocycles. The topological polar surface area (TPSA) is 73.1 Å². The van der Waals surface area contributed by atoms with Crippen LogP contribution in [0, 0.1) is 6.92 Å². The molecule has 0 saturated heterocycles.